The maximum atomic E-state index is 12.2. The molecule has 1 heterocycles. The molecule has 0 radical (unpaired) electrons. The zero-order valence-electron chi connectivity index (χ0n) is 12.2. The second kappa shape index (κ2) is 5.96. The molecule has 2 aliphatic rings. The summed E-state index contributed by atoms with van der Waals surface area (Å²) < 4.78 is 0. The van der Waals surface area contributed by atoms with Crippen molar-refractivity contribution in [1.29, 1.82) is 0 Å². The molecule has 118 valence electrons. The van der Waals surface area contributed by atoms with E-state index in [9.17, 15) is 14.7 Å². The lowest BCUT2D eigenvalue weighted by molar-refractivity contribution is 0.0392. The third-order valence-corrected chi connectivity index (χ3v) is 4.39. The summed E-state index contributed by atoms with van der Waals surface area (Å²) in [6.45, 7) is 0.346. The molecule has 6 nitrogen and oxygen atoms in total. The summed E-state index contributed by atoms with van der Waals surface area (Å²) >= 11 is 0. The molecule has 0 bridgehead atoms. The maximum absolute atomic E-state index is 12.2. The molecule has 22 heavy (non-hydrogen) atoms. The number of piperidine rings is 1. The Hall–Kier alpha value is -2.08. The molecule has 1 aromatic rings. The van der Waals surface area contributed by atoms with Crippen LogP contribution in [0.2, 0.25) is 0 Å². The third-order valence-electron chi connectivity index (χ3n) is 4.39. The van der Waals surface area contributed by atoms with Crippen LogP contribution >= 0.6 is 0 Å². The van der Waals surface area contributed by atoms with Gasteiger partial charge >= 0.3 is 6.09 Å². The molecule has 3 rings (SSSR count). The molecule has 1 saturated heterocycles. The molecule has 1 aromatic carbocycles. The molecule has 2 amide bonds. The van der Waals surface area contributed by atoms with Gasteiger partial charge in [-0.2, -0.15) is 0 Å². The Kier molecular flexibility index (Phi) is 4.02. The zero-order valence-corrected chi connectivity index (χ0v) is 12.2. The number of aliphatic hydroxyl groups is 1. The van der Waals surface area contributed by atoms with Gasteiger partial charge in [-0.1, -0.05) is 12.1 Å². The first-order valence-electron chi connectivity index (χ1n) is 7.61. The van der Waals surface area contributed by atoms with Crippen molar-refractivity contribution in [3.63, 3.8) is 0 Å². The Morgan fingerprint density at radius 2 is 1.82 bits per heavy atom. The number of benzene rings is 1. The number of amides is 2. The number of nitrogens with zero attached hydrogens (tertiary/aromatic N) is 1. The molecule has 3 N–H and O–H groups in total. The van der Waals surface area contributed by atoms with Crippen LogP contribution in [0.4, 0.5) is 4.79 Å². The van der Waals surface area contributed by atoms with E-state index in [1.807, 2.05) is 24.3 Å². The Morgan fingerprint density at radius 1 is 1.14 bits per heavy atom. The minimum absolute atomic E-state index is 0.0287. The van der Waals surface area contributed by atoms with Crippen LogP contribution in [-0.4, -0.2) is 52.3 Å². The fourth-order valence-electron chi connectivity index (χ4n) is 2.85. The molecule has 0 aromatic heterocycles. The lowest BCUT2D eigenvalue weighted by Crippen LogP contribution is -2.55. The van der Waals surface area contributed by atoms with Gasteiger partial charge in [-0.3, -0.25) is 4.79 Å². The van der Waals surface area contributed by atoms with Gasteiger partial charge in [0.2, 0.25) is 0 Å². The van der Waals surface area contributed by atoms with E-state index in [1.54, 1.807) is 0 Å². The number of aliphatic hydroxyl groups excluding tert-OH is 1. The Morgan fingerprint density at radius 3 is 2.36 bits per heavy atom. The molecule has 2 fully saturated rings. The fourth-order valence-corrected chi connectivity index (χ4v) is 2.85. The normalized spacial score (nSPS) is 24.9. The SMILES string of the molecule is O=C(NC1CCN(C(=O)O)CC1O)c1ccc(C2CC2)cc1. The topological polar surface area (TPSA) is 89.9 Å². The first-order valence-corrected chi connectivity index (χ1v) is 7.61. The Bertz CT molecular complexity index is 568. The molecule has 2 unspecified atom stereocenters. The molecule has 1 saturated carbocycles. The largest absolute Gasteiger partial charge is 0.465 e. The Balaban J connectivity index is 1.58. The van der Waals surface area contributed by atoms with Crippen LogP contribution in [0, 0.1) is 0 Å². The summed E-state index contributed by atoms with van der Waals surface area (Å²) in [4.78, 5) is 24.3. The lowest BCUT2D eigenvalue weighted by Gasteiger charge is -2.34. The zero-order chi connectivity index (χ0) is 15.7. The molecule has 2 atom stereocenters. The van der Waals surface area contributed by atoms with Gasteiger partial charge in [0.05, 0.1) is 18.7 Å². The van der Waals surface area contributed by atoms with Crippen LogP contribution in [0.15, 0.2) is 24.3 Å². The van der Waals surface area contributed by atoms with E-state index in [2.05, 4.69) is 5.32 Å². The average molecular weight is 304 g/mol. The van der Waals surface area contributed by atoms with Crippen molar-refractivity contribution >= 4 is 12.0 Å². The molecule has 6 heteroatoms. The van der Waals surface area contributed by atoms with Gasteiger partial charge in [-0.15, -0.1) is 0 Å². The van der Waals surface area contributed by atoms with Crippen LogP contribution in [0.1, 0.15) is 41.1 Å². The van der Waals surface area contributed by atoms with Gasteiger partial charge in [-0.25, -0.2) is 4.79 Å². The molecule has 1 aliphatic heterocycles. The van der Waals surface area contributed by atoms with E-state index in [1.165, 1.54) is 18.4 Å². The molecular weight excluding hydrogens is 284 g/mol. The van der Waals surface area contributed by atoms with Crippen molar-refractivity contribution in [2.45, 2.75) is 37.3 Å². The van der Waals surface area contributed by atoms with E-state index < -0.39 is 18.2 Å². The van der Waals surface area contributed by atoms with Crippen molar-refractivity contribution < 1.29 is 19.8 Å². The average Bonchev–Trinajstić information content (AvgIpc) is 3.34. The highest BCUT2D eigenvalue weighted by Gasteiger charge is 2.31. The van der Waals surface area contributed by atoms with Crippen LogP contribution in [0.25, 0.3) is 0 Å². The van der Waals surface area contributed by atoms with Gasteiger partial charge in [0.15, 0.2) is 0 Å². The van der Waals surface area contributed by atoms with E-state index in [0.29, 0.717) is 24.4 Å². The lowest BCUT2D eigenvalue weighted by atomic mass is 10.0. The number of β-amino-alcohol motifs (C(OH)–C–C–N with tert-alkyl or cyclic N) is 1. The summed E-state index contributed by atoms with van der Waals surface area (Å²) in [5.41, 5.74) is 1.84. The van der Waals surface area contributed by atoms with Crippen LogP contribution in [0.3, 0.4) is 0 Å². The van der Waals surface area contributed by atoms with E-state index in [0.717, 1.165) is 4.90 Å². The monoisotopic (exact) mass is 304 g/mol. The third kappa shape index (κ3) is 3.22. The number of carboxylic acid groups (broad SMARTS) is 1. The summed E-state index contributed by atoms with van der Waals surface area (Å²) in [6, 6.07) is 7.17. The highest BCUT2D eigenvalue weighted by molar-refractivity contribution is 5.94. The predicted octanol–water partition coefficient (Wildman–Crippen LogP) is 1.41. The van der Waals surface area contributed by atoms with Crippen molar-refractivity contribution in [2.75, 3.05) is 13.1 Å². The van der Waals surface area contributed by atoms with E-state index in [4.69, 9.17) is 5.11 Å². The summed E-state index contributed by atoms with van der Waals surface area (Å²) in [5.74, 6) is 0.425. The van der Waals surface area contributed by atoms with Gasteiger partial charge in [0.1, 0.15) is 0 Å². The second-order valence-electron chi connectivity index (χ2n) is 6.06. The second-order valence-corrected chi connectivity index (χ2v) is 6.06. The molecular formula is C16H20N2O4. The fraction of sp³-hybridized carbons (Fsp3) is 0.500. The number of carbonyl (C=O) groups is 2. The number of hydrogen-bond acceptors (Lipinski definition) is 3. The summed E-state index contributed by atoms with van der Waals surface area (Å²) in [7, 11) is 0. The summed E-state index contributed by atoms with van der Waals surface area (Å²) in [6.07, 6.45) is 0.943. The van der Waals surface area contributed by atoms with E-state index >= 15 is 0 Å². The Labute approximate surface area is 128 Å². The van der Waals surface area contributed by atoms with Crippen LogP contribution in [0.5, 0.6) is 0 Å². The van der Waals surface area contributed by atoms with Gasteiger partial charge in [-0.05, 0) is 42.9 Å². The molecule has 1 aliphatic carbocycles. The number of nitrogens with one attached hydrogen (secondary N) is 1. The highest BCUT2D eigenvalue weighted by atomic mass is 16.4. The van der Waals surface area contributed by atoms with E-state index in [-0.39, 0.29) is 12.5 Å². The first-order chi connectivity index (χ1) is 10.5. The van der Waals surface area contributed by atoms with Crippen molar-refractivity contribution in [3.8, 4) is 0 Å². The van der Waals surface area contributed by atoms with Crippen LogP contribution in [-0.2, 0) is 0 Å². The van der Waals surface area contributed by atoms with Crippen molar-refractivity contribution in [3.05, 3.63) is 35.4 Å². The minimum Gasteiger partial charge on any atom is -0.465 e. The summed E-state index contributed by atoms with van der Waals surface area (Å²) in [5, 5.41) is 21.7. The number of carbonyl (C=O) groups excluding carboxylic acids is 1. The number of hydrogen-bond donors (Lipinski definition) is 3. The quantitative estimate of drug-likeness (QED) is 0.787. The standard InChI is InChI=1S/C16H20N2O4/c19-14-9-18(16(21)22)8-7-13(14)17-15(20)12-5-3-11(4-6-12)10-1-2-10/h3-6,10,13-14,19H,1-2,7-9H2,(H,17,20)(H,21,22). The minimum atomic E-state index is -1.04. The smallest absolute Gasteiger partial charge is 0.407 e. The molecule has 0 spiro atoms. The van der Waals surface area contributed by atoms with Gasteiger partial charge in [0.25, 0.3) is 5.91 Å². The highest BCUT2D eigenvalue weighted by Crippen LogP contribution is 2.39. The van der Waals surface area contributed by atoms with Crippen LogP contribution < -0.4 is 5.32 Å². The maximum Gasteiger partial charge on any atom is 0.407 e. The predicted molar refractivity (Wildman–Crippen MR) is 79.9 cm³/mol. The number of likely N-dealkylation sites (tertiary alicyclic amines) is 1. The van der Waals surface area contributed by atoms with Gasteiger partial charge < -0.3 is 20.4 Å². The van der Waals surface area contributed by atoms with Gasteiger partial charge in [0, 0.05) is 12.1 Å². The van der Waals surface area contributed by atoms with Crippen molar-refractivity contribution in [1.82, 2.24) is 10.2 Å². The first kappa shape index (κ1) is 14.8. The van der Waals surface area contributed by atoms with Crippen molar-refractivity contribution in [2.24, 2.45) is 0 Å². The number of rotatable bonds is 3.